The van der Waals surface area contributed by atoms with Gasteiger partial charge in [-0.25, -0.2) is 0 Å². The molecule has 3 rings (SSSR count). The predicted octanol–water partition coefficient (Wildman–Crippen LogP) is -0.171. The second kappa shape index (κ2) is 3.87. The van der Waals surface area contributed by atoms with Crippen LogP contribution in [0.2, 0.25) is 0 Å². The smallest absolute Gasteiger partial charge is 0.310 e. The molecular formula is C10H18N2O2. The number of rotatable bonds is 2. The Hall–Kier alpha value is -0.610. The minimum absolute atomic E-state index is 0.0208. The van der Waals surface area contributed by atoms with Crippen molar-refractivity contribution in [2.24, 2.45) is 17.6 Å². The van der Waals surface area contributed by atoms with E-state index in [-0.39, 0.29) is 17.9 Å². The minimum Gasteiger partial charge on any atom is -0.466 e. The largest absolute Gasteiger partial charge is 0.466 e. The number of ether oxygens (including phenoxy) is 1. The van der Waals surface area contributed by atoms with Crippen molar-refractivity contribution in [2.75, 3.05) is 26.2 Å². The second-order valence-electron chi connectivity index (χ2n) is 4.23. The summed E-state index contributed by atoms with van der Waals surface area (Å²) in [6.07, 6.45) is 1.05. The van der Waals surface area contributed by atoms with Crippen LogP contribution in [0.5, 0.6) is 0 Å². The molecule has 1 unspecified atom stereocenters. The summed E-state index contributed by atoms with van der Waals surface area (Å²) in [6.45, 7) is 5.20. The van der Waals surface area contributed by atoms with Crippen molar-refractivity contribution in [3.8, 4) is 0 Å². The molecule has 80 valence electrons. The van der Waals surface area contributed by atoms with Gasteiger partial charge in [-0.3, -0.25) is 4.79 Å². The highest BCUT2D eigenvalue weighted by Gasteiger charge is 2.43. The fraction of sp³-hybridized carbons (Fsp3) is 0.900. The molecule has 0 amide bonds. The van der Waals surface area contributed by atoms with Gasteiger partial charge in [-0.1, -0.05) is 0 Å². The van der Waals surface area contributed by atoms with E-state index in [1.54, 1.807) is 0 Å². The maximum atomic E-state index is 11.6. The lowest BCUT2D eigenvalue weighted by atomic mass is 9.76. The lowest BCUT2D eigenvalue weighted by Crippen LogP contribution is -2.60. The van der Waals surface area contributed by atoms with Crippen molar-refractivity contribution in [1.29, 1.82) is 0 Å². The molecule has 14 heavy (non-hydrogen) atoms. The van der Waals surface area contributed by atoms with Crippen LogP contribution >= 0.6 is 0 Å². The molecule has 0 saturated carbocycles. The molecule has 3 aliphatic rings. The molecule has 4 heteroatoms. The molecule has 2 N–H and O–H groups in total. The molecule has 0 aromatic heterocycles. The van der Waals surface area contributed by atoms with Gasteiger partial charge in [0.15, 0.2) is 0 Å². The zero-order valence-electron chi connectivity index (χ0n) is 8.61. The topological polar surface area (TPSA) is 55.6 Å². The highest BCUT2D eigenvalue weighted by molar-refractivity contribution is 5.73. The highest BCUT2D eigenvalue weighted by atomic mass is 16.5. The molecule has 2 bridgehead atoms. The molecule has 0 aliphatic carbocycles. The summed E-state index contributed by atoms with van der Waals surface area (Å²) in [5.74, 6) is 0.309. The fourth-order valence-corrected chi connectivity index (χ4v) is 2.65. The molecule has 3 heterocycles. The minimum atomic E-state index is -0.0580. The van der Waals surface area contributed by atoms with Crippen LogP contribution in [-0.4, -0.2) is 43.2 Å². The third kappa shape index (κ3) is 1.64. The van der Waals surface area contributed by atoms with E-state index in [4.69, 9.17) is 10.5 Å². The van der Waals surface area contributed by atoms with Crippen LogP contribution < -0.4 is 5.73 Å². The van der Waals surface area contributed by atoms with Crippen molar-refractivity contribution in [1.82, 2.24) is 4.90 Å². The lowest BCUT2D eigenvalue weighted by Gasteiger charge is -2.47. The van der Waals surface area contributed by atoms with Gasteiger partial charge < -0.3 is 15.4 Å². The second-order valence-corrected chi connectivity index (χ2v) is 4.23. The van der Waals surface area contributed by atoms with Crippen LogP contribution in [0.1, 0.15) is 13.3 Å². The molecule has 0 radical (unpaired) electrons. The lowest BCUT2D eigenvalue weighted by molar-refractivity contribution is -0.155. The normalized spacial score (nSPS) is 41.0. The van der Waals surface area contributed by atoms with E-state index in [1.807, 2.05) is 6.92 Å². The molecule has 0 aromatic carbocycles. The van der Waals surface area contributed by atoms with Gasteiger partial charge in [0.05, 0.1) is 12.5 Å². The summed E-state index contributed by atoms with van der Waals surface area (Å²) in [5, 5.41) is 0. The third-order valence-electron chi connectivity index (χ3n) is 3.36. The van der Waals surface area contributed by atoms with Gasteiger partial charge in [0.1, 0.15) is 0 Å². The summed E-state index contributed by atoms with van der Waals surface area (Å²) < 4.78 is 5.06. The number of fused-ring (bicyclic) bond motifs is 3. The third-order valence-corrected chi connectivity index (χ3v) is 3.36. The highest BCUT2D eigenvalue weighted by Crippen LogP contribution is 2.32. The Balaban J connectivity index is 2.03. The Morgan fingerprint density at radius 1 is 1.57 bits per heavy atom. The van der Waals surface area contributed by atoms with Crippen molar-refractivity contribution in [2.45, 2.75) is 19.4 Å². The maximum absolute atomic E-state index is 11.6. The summed E-state index contributed by atoms with van der Waals surface area (Å²) in [6, 6.07) is 0.159. The van der Waals surface area contributed by atoms with Crippen LogP contribution in [0.15, 0.2) is 0 Å². The first-order chi connectivity index (χ1) is 6.72. The number of esters is 1. The number of nitrogens with two attached hydrogens (primary N) is 1. The van der Waals surface area contributed by atoms with E-state index in [1.165, 1.54) is 0 Å². The van der Waals surface area contributed by atoms with E-state index < -0.39 is 0 Å². The van der Waals surface area contributed by atoms with Crippen LogP contribution in [0.3, 0.4) is 0 Å². The first-order valence-corrected chi connectivity index (χ1v) is 5.37. The Kier molecular flexibility index (Phi) is 2.74. The molecule has 4 atom stereocenters. The first-order valence-electron chi connectivity index (χ1n) is 5.37. The molecule has 4 nitrogen and oxygen atoms in total. The van der Waals surface area contributed by atoms with Crippen LogP contribution in [0.4, 0.5) is 0 Å². The summed E-state index contributed by atoms with van der Waals surface area (Å²) in [7, 11) is 0. The van der Waals surface area contributed by atoms with Crippen molar-refractivity contribution in [3.05, 3.63) is 0 Å². The Bertz CT molecular complexity index is 232. The fourth-order valence-electron chi connectivity index (χ4n) is 2.65. The predicted molar refractivity (Wildman–Crippen MR) is 52.6 cm³/mol. The molecule has 0 aromatic rings. The average Bonchev–Trinajstić information content (AvgIpc) is 2.18. The molecular weight excluding hydrogens is 180 g/mol. The number of hydrogen-bond acceptors (Lipinski definition) is 4. The standard InChI is InChI=1S/C10H18N2O2/c1-2-14-10(13)8-5-12-4-3-7(8)9(11)6-12/h7-9H,2-6,11H2,1H3/t7-,8+,9+/m1/s1. The van der Waals surface area contributed by atoms with Gasteiger partial charge in [-0.05, 0) is 25.8 Å². The van der Waals surface area contributed by atoms with Gasteiger partial charge in [-0.15, -0.1) is 0 Å². The molecule has 3 aliphatic heterocycles. The zero-order valence-corrected chi connectivity index (χ0v) is 8.61. The van der Waals surface area contributed by atoms with Crippen molar-refractivity contribution in [3.63, 3.8) is 0 Å². The first kappa shape index (κ1) is 9.93. The van der Waals surface area contributed by atoms with Crippen LogP contribution in [0.25, 0.3) is 0 Å². The molecule has 3 saturated heterocycles. The van der Waals surface area contributed by atoms with Crippen molar-refractivity contribution >= 4 is 5.97 Å². The Morgan fingerprint density at radius 2 is 2.36 bits per heavy atom. The van der Waals surface area contributed by atoms with Gasteiger partial charge in [-0.2, -0.15) is 0 Å². The van der Waals surface area contributed by atoms with E-state index in [0.29, 0.717) is 12.5 Å². The summed E-state index contributed by atoms with van der Waals surface area (Å²) in [4.78, 5) is 13.9. The van der Waals surface area contributed by atoms with Gasteiger partial charge in [0.2, 0.25) is 0 Å². The van der Waals surface area contributed by atoms with E-state index in [9.17, 15) is 4.79 Å². The van der Waals surface area contributed by atoms with E-state index in [0.717, 1.165) is 26.1 Å². The molecule has 0 spiro atoms. The number of carbonyl (C=O) groups is 1. The Morgan fingerprint density at radius 3 is 2.93 bits per heavy atom. The number of carbonyl (C=O) groups excluding carboxylic acids is 1. The van der Waals surface area contributed by atoms with E-state index in [2.05, 4.69) is 4.90 Å². The van der Waals surface area contributed by atoms with Crippen LogP contribution in [-0.2, 0) is 9.53 Å². The van der Waals surface area contributed by atoms with Crippen LogP contribution in [0, 0.1) is 11.8 Å². The van der Waals surface area contributed by atoms with E-state index >= 15 is 0 Å². The summed E-state index contributed by atoms with van der Waals surface area (Å²) in [5.41, 5.74) is 5.99. The maximum Gasteiger partial charge on any atom is 0.310 e. The van der Waals surface area contributed by atoms with Gasteiger partial charge >= 0.3 is 5.97 Å². The molecule has 3 fully saturated rings. The number of piperidine rings is 3. The number of hydrogen-bond donors (Lipinski definition) is 1. The summed E-state index contributed by atoms with van der Waals surface area (Å²) >= 11 is 0. The van der Waals surface area contributed by atoms with Crippen molar-refractivity contribution < 1.29 is 9.53 Å². The SMILES string of the molecule is CCOC(=O)[C@H]1CN2CC[C@H]1[C@@H](N)C2. The zero-order chi connectivity index (χ0) is 10.1. The quantitative estimate of drug-likeness (QED) is 0.626. The van der Waals surface area contributed by atoms with Gasteiger partial charge in [0, 0.05) is 19.1 Å². The monoisotopic (exact) mass is 198 g/mol. The average molecular weight is 198 g/mol. The number of nitrogens with zero attached hydrogens (tertiary/aromatic N) is 1. The Labute approximate surface area is 84.4 Å². The van der Waals surface area contributed by atoms with Gasteiger partial charge in [0.25, 0.3) is 0 Å².